The van der Waals surface area contributed by atoms with Crippen LogP contribution in [0.2, 0.25) is 5.15 Å². The molecule has 0 saturated carbocycles. The van der Waals surface area contributed by atoms with Crippen LogP contribution in [0, 0.1) is 6.92 Å². The SMILES string of the molecule is Cc1nn(C)c(Cl)c1/C=C/C(=O)NC(CN1CCOCC1)c1ccccc1. The zero-order valence-corrected chi connectivity index (χ0v) is 16.4. The van der Waals surface area contributed by atoms with E-state index in [9.17, 15) is 4.79 Å². The van der Waals surface area contributed by atoms with E-state index in [1.165, 1.54) is 6.08 Å². The molecule has 0 bridgehead atoms. The lowest BCUT2D eigenvalue weighted by Crippen LogP contribution is -2.42. The Bertz CT molecular complexity index is 798. The highest BCUT2D eigenvalue weighted by molar-refractivity contribution is 6.31. The summed E-state index contributed by atoms with van der Waals surface area (Å²) >= 11 is 6.23. The second-order valence-corrected chi connectivity index (χ2v) is 6.99. The van der Waals surface area contributed by atoms with Crippen molar-refractivity contribution >= 4 is 23.6 Å². The van der Waals surface area contributed by atoms with Gasteiger partial charge in [-0.1, -0.05) is 41.9 Å². The minimum atomic E-state index is -0.156. The van der Waals surface area contributed by atoms with Crippen molar-refractivity contribution in [3.63, 3.8) is 0 Å². The van der Waals surface area contributed by atoms with Crippen molar-refractivity contribution in [2.24, 2.45) is 7.05 Å². The summed E-state index contributed by atoms with van der Waals surface area (Å²) in [6, 6.07) is 9.94. The smallest absolute Gasteiger partial charge is 0.244 e. The highest BCUT2D eigenvalue weighted by Crippen LogP contribution is 2.20. The quantitative estimate of drug-likeness (QED) is 0.773. The number of benzene rings is 1. The highest BCUT2D eigenvalue weighted by Gasteiger charge is 2.19. The van der Waals surface area contributed by atoms with E-state index in [1.807, 2.05) is 37.3 Å². The number of aromatic nitrogens is 2. The third kappa shape index (κ3) is 5.19. The van der Waals surface area contributed by atoms with Gasteiger partial charge in [-0.25, -0.2) is 0 Å². The van der Waals surface area contributed by atoms with Crippen LogP contribution in [0.4, 0.5) is 0 Å². The molecule has 2 aromatic rings. The largest absolute Gasteiger partial charge is 0.379 e. The summed E-state index contributed by atoms with van der Waals surface area (Å²) in [6.45, 7) is 5.83. The van der Waals surface area contributed by atoms with Crippen molar-refractivity contribution in [3.05, 3.63) is 58.4 Å². The monoisotopic (exact) mass is 388 g/mol. The van der Waals surface area contributed by atoms with Crippen LogP contribution < -0.4 is 5.32 Å². The summed E-state index contributed by atoms with van der Waals surface area (Å²) in [5, 5.41) is 7.89. The van der Waals surface area contributed by atoms with Crippen molar-refractivity contribution in [2.45, 2.75) is 13.0 Å². The van der Waals surface area contributed by atoms with Gasteiger partial charge in [0.25, 0.3) is 0 Å². The number of carbonyl (C=O) groups excluding carboxylic acids is 1. The van der Waals surface area contributed by atoms with E-state index in [1.54, 1.807) is 17.8 Å². The standard InChI is InChI=1S/C20H25ClN4O2/c1-15-17(20(21)24(2)23-15)8-9-19(26)22-18(16-6-4-3-5-7-16)14-25-10-12-27-13-11-25/h3-9,18H,10-14H2,1-2H3,(H,22,26)/b9-8+. The van der Waals surface area contributed by atoms with Gasteiger partial charge in [-0.15, -0.1) is 0 Å². The first kappa shape index (κ1) is 19.6. The van der Waals surface area contributed by atoms with Crippen LogP contribution in [0.5, 0.6) is 0 Å². The number of aryl methyl sites for hydroxylation is 2. The van der Waals surface area contributed by atoms with E-state index in [0.29, 0.717) is 5.15 Å². The molecule has 1 N–H and O–H groups in total. The number of hydrogen-bond donors (Lipinski definition) is 1. The van der Waals surface area contributed by atoms with Crippen molar-refractivity contribution in [1.29, 1.82) is 0 Å². The van der Waals surface area contributed by atoms with Gasteiger partial charge in [0.2, 0.25) is 5.91 Å². The van der Waals surface area contributed by atoms with E-state index in [4.69, 9.17) is 16.3 Å². The first-order chi connectivity index (χ1) is 13.0. The van der Waals surface area contributed by atoms with Gasteiger partial charge < -0.3 is 10.1 Å². The lowest BCUT2D eigenvalue weighted by atomic mass is 10.1. The van der Waals surface area contributed by atoms with Crippen LogP contribution >= 0.6 is 11.6 Å². The predicted molar refractivity (Wildman–Crippen MR) is 107 cm³/mol. The molecule has 1 amide bonds. The lowest BCUT2D eigenvalue weighted by Gasteiger charge is -2.31. The zero-order valence-electron chi connectivity index (χ0n) is 15.7. The number of halogens is 1. The molecule has 1 aliphatic rings. The fourth-order valence-electron chi connectivity index (χ4n) is 3.18. The molecule has 2 heterocycles. The molecule has 1 atom stereocenters. The highest BCUT2D eigenvalue weighted by atomic mass is 35.5. The molecule has 1 aromatic carbocycles. The number of rotatable bonds is 6. The predicted octanol–water partition coefficient (Wildman–Crippen LogP) is 2.58. The molecule has 1 unspecified atom stereocenters. The summed E-state index contributed by atoms with van der Waals surface area (Å²) in [7, 11) is 1.78. The van der Waals surface area contributed by atoms with E-state index in [2.05, 4.69) is 15.3 Å². The number of amides is 1. The van der Waals surface area contributed by atoms with Gasteiger partial charge in [0.15, 0.2) is 0 Å². The Kier molecular flexibility index (Phi) is 6.66. The second kappa shape index (κ2) is 9.17. The Hall–Kier alpha value is -2.15. The minimum Gasteiger partial charge on any atom is -0.379 e. The Morgan fingerprint density at radius 1 is 1.33 bits per heavy atom. The molecule has 144 valence electrons. The maximum Gasteiger partial charge on any atom is 0.244 e. The van der Waals surface area contributed by atoms with E-state index in [-0.39, 0.29) is 11.9 Å². The average molecular weight is 389 g/mol. The van der Waals surface area contributed by atoms with Gasteiger partial charge in [0.05, 0.1) is 24.9 Å². The lowest BCUT2D eigenvalue weighted by molar-refractivity contribution is -0.117. The van der Waals surface area contributed by atoms with Crippen LogP contribution in [0.1, 0.15) is 22.9 Å². The Morgan fingerprint density at radius 3 is 2.67 bits per heavy atom. The molecule has 1 aromatic heterocycles. The van der Waals surface area contributed by atoms with Crippen LogP contribution in [-0.2, 0) is 16.6 Å². The Morgan fingerprint density at radius 2 is 2.04 bits per heavy atom. The summed E-state index contributed by atoms with van der Waals surface area (Å²) in [6.07, 6.45) is 3.24. The fourth-order valence-corrected chi connectivity index (χ4v) is 3.41. The molecular weight excluding hydrogens is 364 g/mol. The first-order valence-electron chi connectivity index (χ1n) is 9.07. The van der Waals surface area contributed by atoms with Gasteiger partial charge in [-0.2, -0.15) is 5.10 Å². The van der Waals surface area contributed by atoms with Gasteiger partial charge in [-0.3, -0.25) is 14.4 Å². The minimum absolute atomic E-state index is 0.0908. The molecule has 7 heteroatoms. The molecule has 0 spiro atoms. The van der Waals surface area contributed by atoms with Crippen LogP contribution in [0.3, 0.4) is 0 Å². The molecule has 3 rings (SSSR count). The molecule has 6 nitrogen and oxygen atoms in total. The normalized spacial score (nSPS) is 16.6. The second-order valence-electron chi connectivity index (χ2n) is 6.63. The third-order valence-corrected chi connectivity index (χ3v) is 5.11. The van der Waals surface area contributed by atoms with E-state index < -0.39 is 0 Å². The van der Waals surface area contributed by atoms with Gasteiger partial charge in [0, 0.05) is 38.3 Å². The maximum absolute atomic E-state index is 12.6. The van der Waals surface area contributed by atoms with Crippen molar-refractivity contribution in [1.82, 2.24) is 20.0 Å². The maximum atomic E-state index is 12.6. The van der Waals surface area contributed by atoms with Gasteiger partial charge in [0.1, 0.15) is 5.15 Å². The number of carbonyl (C=O) groups is 1. The van der Waals surface area contributed by atoms with Crippen LogP contribution in [0.25, 0.3) is 6.08 Å². The van der Waals surface area contributed by atoms with E-state index >= 15 is 0 Å². The van der Waals surface area contributed by atoms with Crippen LogP contribution in [0.15, 0.2) is 36.4 Å². The van der Waals surface area contributed by atoms with Crippen LogP contribution in [-0.4, -0.2) is 53.4 Å². The van der Waals surface area contributed by atoms with Gasteiger partial charge in [-0.05, 0) is 18.6 Å². The Balaban J connectivity index is 1.70. The van der Waals surface area contributed by atoms with Crippen molar-refractivity contribution < 1.29 is 9.53 Å². The molecule has 0 aliphatic carbocycles. The summed E-state index contributed by atoms with van der Waals surface area (Å²) in [4.78, 5) is 14.9. The number of morpholine rings is 1. The number of nitrogens with zero attached hydrogens (tertiary/aromatic N) is 3. The summed E-state index contributed by atoms with van der Waals surface area (Å²) in [5.41, 5.74) is 2.64. The van der Waals surface area contributed by atoms with E-state index in [0.717, 1.165) is 49.7 Å². The summed E-state index contributed by atoms with van der Waals surface area (Å²) < 4.78 is 7.02. The summed E-state index contributed by atoms with van der Waals surface area (Å²) in [5.74, 6) is -0.156. The molecule has 1 aliphatic heterocycles. The number of ether oxygens (including phenoxy) is 1. The zero-order chi connectivity index (χ0) is 19.2. The molecule has 27 heavy (non-hydrogen) atoms. The first-order valence-corrected chi connectivity index (χ1v) is 9.45. The Labute approximate surface area is 164 Å². The van der Waals surface area contributed by atoms with Gasteiger partial charge >= 0.3 is 0 Å². The molecule has 1 fully saturated rings. The van der Waals surface area contributed by atoms with Crippen molar-refractivity contribution in [2.75, 3.05) is 32.8 Å². The fraction of sp³-hybridized carbons (Fsp3) is 0.400. The molecular formula is C20H25ClN4O2. The van der Waals surface area contributed by atoms with Crippen molar-refractivity contribution in [3.8, 4) is 0 Å². The topological polar surface area (TPSA) is 59.4 Å². The third-order valence-electron chi connectivity index (χ3n) is 4.66. The number of nitrogens with one attached hydrogen (secondary N) is 1. The number of hydrogen-bond acceptors (Lipinski definition) is 4. The molecule has 1 saturated heterocycles. The molecule has 0 radical (unpaired) electrons. The average Bonchev–Trinajstić information content (AvgIpc) is 2.92.